The molecule has 2 nitrogen and oxygen atoms in total. The van der Waals surface area contributed by atoms with E-state index in [2.05, 4.69) is 21.2 Å². The minimum Gasteiger partial charge on any atom is -0.321 e. The minimum atomic E-state index is -0.00766. The zero-order chi connectivity index (χ0) is 13.2. The Hall–Kier alpha value is -0.780. The van der Waals surface area contributed by atoms with E-state index in [1.807, 2.05) is 42.1 Å². The second kappa shape index (κ2) is 5.69. The number of halogens is 1. The summed E-state index contributed by atoms with van der Waals surface area (Å²) >= 11 is 6.95. The van der Waals surface area contributed by atoms with E-state index >= 15 is 0 Å². The second-order valence-corrected chi connectivity index (χ2v) is 7.48. The first-order valence-electron chi connectivity index (χ1n) is 5.98. The number of fused-ring (bicyclic) bond motifs is 1. The first-order valence-corrected chi connectivity index (χ1v) is 8.75. The number of carbonyl (C=O) groups is 1. The Morgan fingerprint density at radius 2 is 2.05 bits per heavy atom. The molecule has 1 aromatic heterocycles. The van der Waals surface area contributed by atoms with Crippen molar-refractivity contribution >= 4 is 50.6 Å². The van der Waals surface area contributed by atoms with Gasteiger partial charge >= 0.3 is 0 Å². The summed E-state index contributed by atoms with van der Waals surface area (Å²) in [7, 11) is 0. The molecule has 1 N–H and O–H groups in total. The number of aryl methyl sites for hydroxylation is 1. The number of hydrogen-bond donors (Lipinski definition) is 1. The maximum atomic E-state index is 12.2. The molecule has 2 aromatic rings. The summed E-state index contributed by atoms with van der Waals surface area (Å²) < 4.78 is 1.01. The standard InChI is InChI=1S/C14H12BrNOS2/c15-10-1-3-11(4-2-10)16-14(17)13-7-9-8-18-6-5-12(9)19-13/h1-4,7H,5-6,8H2,(H,16,17). The van der Waals surface area contributed by atoms with Crippen molar-refractivity contribution in [2.24, 2.45) is 0 Å². The van der Waals surface area contributed by atoms with Crippen LogP contribution >= 0.6 is 39.0 Å². The molecule has 5 heteroatoms. The summed E-state index contributed by atoms with van der Waals surface area (Å²) in [5, 5.41) is 2.94. The van der Waals surface area contributed by atoms with Crippen LogP contribution in [0.5, 0.6) is 0 Å². The molecule has 0 saturated carbocycles. The van der Waals surface area contributed by atoms with Crippen molar-refractivity contribution in [3.63, 3.8) is 0 Å². The molecule has 0 unspecified atom stereocenters. The normalized spacial score (nSPS) is 13.9. The smallest absolute Gasteiger partial charge is 0.265 e. The van der Waals surface area contributed by atoms with Crippen LogP contribution in [-0.4, -0.2) is 11.7 Å². The van der Waals surface area contributed by atoms with Gasteiger partial charge in [-0.3, -0.25) is 4.79 Å². The number of nitrogens with one attached hydrogen (secondary N) is 1. The summed E-state index contributed by atoms with van der Waals surface area (Å²) in [4.78, 5) is 14.4. The Balaban J connectivity index is 1.76. The van der Waals surface area contributed by atoms with Crippen LogP contribution in [0.15, 0.2) is 34.8 Å². The monoisotopic (exact) mass is 353 g/mol. The predicted octanol–water partition coefficient (Wildman–Crippen LogP) is 4.55. The van der Waals surface area contributed by atoms with Crippen molar-refractivity contribution in [2.45, 2.75) is 12.2 Å². The highest BCUT2D eigenvalue weighted by Crippen LogP contribution is 2.32. The van der Waals surface area contributed by atoms with Crippen LogP contribution in [0.25, 0.3) is 0 Å². The lowest BCUT2D eigenvalue weighted by molar-refractivity contribution is 0.103. The van der Waals surface area contributed by atoms with Crippen LogP contribution in [-0.2, 0) is 12.2 Å². The van der Waals surface area contributed by atoms with Crippen molar-refractivity contribution in [1.82, 2.24) is 0 Å². The van der Waals surface area contributed by atoms with E-state index in [0.29, 0.717) is 0 Å². The maximum absolute atomic E-state index is 12.2. The van der Waals surface area contributed by atoms with Crippen LogP contribution in [0, 0.1) is 0 Å². The van der Waals surface area contributed by atoms with Gasteiger partial charge in [-0.2, -0.15) is 11.8 Å². The Bertz CT molecular complexity index is 583. The van der Waals surface area contributed by atoms with E-state index in [-0.39, 0.29) is 5.91 Å². The topological polar surface area (TPSA) is 29.1 Å². The quantitative estimate of drug-likeness (QED) is 0.857. The van der Waals surface area contributed by atoms with Gasteiger partial charge in [-0.1, -0.05) is 15.9 Å². The number of anilines is 1. The van der Waals surface area contributed by atoms with E-state index in [0.717, 1.165) is 27.2 Å². The third-order valence-corrected chi connectivity index (χ3v) is 5.73. The number of hydrogen-bond acceptors (Lipinski definition) is 3. The number of rotatable bonds is 2. The average molecular weight is 354 g/mol. The third kappa shape index (κ3) is 3.04. The van der Waals surface area contributed by atoms with Crippen molar-refractivity contribution in [1.29, 1.82) is 0 Å². The fourth-order valence-electron chi connectivity index (χ4n) is 1.99. The van der Waals surface area contributed by atoms with Crippen LogP contribution < -0.4 is 5.32 Å². The van der Waals surface area contributed by atoms with Gasteiger partial charge in [-0.05, 0) is 48.1 Å². The van der Waals surface area contributed by atoms with Crippen LogP contribution in [0.3, 0.4) is 0 Å². The lowest BCUT2D eigenvalue weighted by Crippen LogP contribution is -2.09. The van der Waals surface area contributed by atoms with Gasteiger partial charge in [0.05, 0.1) is 4.88 Å². The largest absolute Gasteiger partial charge is 0.321 e. The molecule has 0 spiro atoms. The van der Waals surface area contributed by atoms with Crippen molar-refractivity contribution in [3.05, 3.63) is 50.1 Å². The second-order valence-electron chi connectivity index (χ2n) is 4.32. The number of thiophene rings is 1. The molecule has 0 radical (unpaired) electrons. The summed E-state index contributed by atoms with van der Waals surface area (Å²) in [5.41, 5.74) is 2.16. The van der Waals surface area contributed by atoms with Crippen LogP contribution in [0.2, 0.25) is 0 Å². The number of amides is 1. The van der Waals surface area contributed by atoms with Crippen molar-refractivity contribution in [3.8, 4) is 0 Å². The fourth-order valence-corrected chi connectivity index (χ4v) is 4.52. The lowest BCUT2D eigenvalue weighted by Gasteiger charge is -2.08. The van der Waals surface area contributed by atoms with Gasteiger partial charge < -0.3 is 5.32 Å². The Labute approximate surface area is 128 Å². The van der Waals surface area contributed by atoms with Crippen molar-refractivity contribution < 1.29 is 4.79 Å². The Morgan fingerprint density at radius 1 is 1.26 bits per heavy atom. The van der Waals surface area contributed by atoms with E-state index < -0.39 is 0 Å². The zero-order valence-electron chi connectivity index (χ0n) is 10.1. The fraction of sp³-hybridized carbons (Fsp3) is 0.214. The predicted molar refractivity (Wildman–Crippen MR) is 86.3 cm³/mol. The van der Waals surface area contributed by atoms with Crippen molar-refractivity contribution in [2.75, 3.05) is 11.1 Å². The Morgan fingerprint density at radius 3 is 2.79 bits per heavy atom. The Kier molecular flexibility index (Phi) is 3.96. The van der Waals surface area contributed by atoms with E-state index in [1.54, 1.807) is 11.3 Å². The van der Waals surface area contributed by atoms with Gasteiger partial charge in [-0.25, -0.2) is 0 Å². The molecular weight excluding hydrogens is 342 g/mol. The summed E-state index contributed by atoms with van der Waals surface area (Å²) in [6, 6.07) is 9.68. The summed E-state index contributed by atoms with van der Waals surface area (Å²) in [5.74, 6) is 2.20. The minimum absolute atomic E-state index is 0.00766. The van der Waals surface area contributed by atoms with Gasteiger partial charge in [0.2, 0.25) is 0 Å². The van der Waals surface area contributed by atoms with Gasteiger partial charge in [0.1, 0.15) is 0 Å². The van der Waals surface area contributed by atoms with Gasteiger partial charge in [0.25, 0.3) is 5.91 Å². The average Bonchev–Trinajstić information content (AvgIpc) is 2.85. The molecule has 0 saturated heterocycles. The zero-order valence-corrected chi connectivity index (χ0v) is 13.3. The molecule has 0 aliphatic carbocycles. The number of carbonyl (C=O) groups excluding carboxylic acids is 1. The molecule has 1 amide bonds. The van der Waals surface area contributed by atoms with E-state index in [4.69, 9.17) is 0 Å². The lowest BCUT2D eigenvalue weighted by atomic mass is 10.2. The van der Waals surface area contributed by atoms with Crippen LogP contribution in [0.1, 0.15) is 20.1 Å². The molecule has 2 heterocycles. The number of thioether (sulfide) groups is 1. The highest BCUT2D eigenvalue weighted by molar-refractivity contribution is 9.10. The van der Waals surface area contributed by atoms with Gasteiger partial charge in [-0.15, -0.1) is 11.3 Å². The molecule has 0 bridgehead atoms. The maximum Gasteiger partial charge on any atom is 0.265 e. The summed E-state index contributed by atoms with van der Waals surface area (Å²) in [6.45, 7) is 0. The molecule has 0 fully saturated rings. The molecular formula is C14H12BrNOS2. The summed E-state index contributed by atoms with van der Waals surface area (Å²) in [6.07, 6.45) is 1.09. The molecule has 1 aliphatic rings. The van der Waals surface area contributed by atoms with E-state index in [1.165, 1.54) is 16.2 Å². The van der Waals surface area contributed by atoms with Gasteiger partial charge in [0.15, 0.2) is 0 Å². The highest BCUT2D eigenvalue weighted by atomic mass is 79.9. The molecule has 1 aromatic carbocycles. The highest BCUT2D eigenvalue weighted by Gasteiger charge is 2.17. The van der Waals surface area contributed by atoms with E-state index in [9.17, 15) is 4.79 Å². The third-order valence-electron chi connectivity index (χ3n) is 2.95. The molecule has 1 aliphatic heterocycles. The SMILES string of the molecule is O=C(Nc1ccc(Br)cc1)c1cc2c(s1)CCSC2. The molecule has 19 heavy (non-hydrogen) atoms. The first-order chi connectivity index (χ1) is 9.22. The number of benzene rings is 1. The van der Waals surface area contributed by atoms with Crippen LogP contribution in [0.4, 0.5) is 5.69 Å². The first kappa shape index (κ1) is 13.2. The van der Waals surface area contributed by atoms with Gasteiger partial charge in [0, 0.05) is 20.8 Å². The molecule has 3 rings (SSSR count). The molecule has 98 valence electrons. The molecule has 0 atom stereocenters.